The predicted octanol–water partition coefficient (Wildman–Crippen LogP) is 4.98. The molecule has 138 valence electrons. The molecule has 1 aliphatic rings. The summed E-state index contributed by atoms with van der Waals surface area (Å²) in [7, 11) is 0. The van der Waals surface area contributed by atoms with Crippen LogP contribution in [0, 0.1) is 5.82 Å². The van der Waals surface area contributed by atoms with Gasteiger partial charge in [0, 0.05) is 36.6 Å². The van der Waals surface area contributed by atoms with E-state index in [1.807, 2.05) is 4.90 Å². The average Bonchev–Trinajstić information content (AvgIpc) is 2.95. The highest BCUT2D eigenvalue weighted by Crippen LogP contribution is 2.39. The van der Waals surface area contributed by atoms with E-state index in [0.29, 0.717) is 30.5 Å². The van der Waals surface area contributed by atoms with Crippen LogP contribution in [-0.4, -0.2) is 31.1 Å². The molecule has 2 heterocycles. The molecule has 1 aliphatic heterocycles. The summed E-state index contributed by atoms with van der Waals surface area (Å²) in [4.78, 5) is 2.72. The summed E-state index contributed by atoms with van der Waals surface area (Å²) in [6.45, 7) is 2.65. The van der Waals surface area contributed by atoms with Gasteiger partial charge in [-0.3, -0.25) is 4.90 Å². The van der Waals surface area contributed by atoms with Crippen LogP contribution < -0.4 is 5.32 Å². The van der Waals surface area contributed by atoms with Gasteiger partial charge in [-0.1, -0.05) is 11.6 Å². The van der Waals surface area contributed by atoms with Gasteiger partial charge in [-0.25, -0.2) is 4.39 Å². The fourth-order valence-electron chi connectivity index (χ4n) is 2.88. The van der Waals surface area contributed by atoms with E-state index in [1.54, 1.807) is 12.1 Å². The summed E-state index contributed by atoms with van der Waals surface area (Å²) >= 11 is 7.25. The number of thiophene rings is 1. The highest BCUT2D eigenvalue weighted by Gasteiger charge is 2.34. The molecular formula is C16H16Cl2F4N2S. The van der Waals surface area contributed by atoms with Gasteiger partial charge in [0.25, 0.3) is 0 Å². The van der Waals surface area contributed by atoms with E-state index in [-0.39, 0.29) is 18.0 Å². The van der Waals surface area contributed by atoms with Crippen molar-refractivity contribution in [2.24, 2.45) is 0 Å². The average molecular weight is 415 g/mol. The second-order valence-corrected chi connectivity index (χ2v) is 7.31. The van der Waals surface area contributed by atoms with Gasteiger partial charge in [-0.15, -0.1) is 23.7 Å². The minimum Gasteiger partial charge on any atom is -0.314 e. The van der Waals surface area contributed by atoms with E-state index in [0.717, 1.165) is 23.1 Å². The lowest BCUT2D eigenvalue weighted by molar-refractivity contribution is -0.137. The van der Waals surface area contributed by atoms with E-state index in [4.69, 9.17) is 11.6 Å². The summed E-state index contributed by atoms with van der Waals surface area (Å²) in [6, 6.07) is 5.43. The maximum absolute atomic E-state index is 14.4. The summed E-state index contributed by atoms with van der Waals surface area (Å²) in [5.74, 6) is -0.643. The third kappa shape index (κ3) is 4.65. The first-order valence-electron chi connectivity index (χ1n) is 7.43. The zero-order valence-electron chi connectivity index (χ0n) is 12.9. The lowest BCUT2D eigenvalue weighted by Crippen LogP contribution is -2.45. The molecule has 0 bridgehead atoms. The first kappa shape index (κ1) is 20.5. The Morgan fingerprint density at radius 2 is 1.80 bits per heavy atom. The van der Waals surface area contributed by atoms with E-state index in [1.165, 1.54) is 11.3 Å². The van der Waals surface area contributed by atoms with Crippen LogP contribution in [0.4, 0.5) is 17.6 Å². The number of alkyl halides is 3. The quantitative estimate of drug-likeness (QED) is 0.712. The van der Waals surface area contributed by atoms with Crippen molar-refractivity contribution in [1.29, 1.82) is 0 Å². The van der Waals surface area contributed by atoms with Crippen molar-refractivity contribution in [3.63, 3.8) is 0 Å². The molecule has 0 saturated carbocycles. The van der Waals surface area contributed by atoms with Crippen LogP contribution >= 0.6 is 35.3 Å². The number of benzene rings is 1. The lowest BCUT2D eigenvalue weighted by Gasteiger charge is -2.35. The molecule has 1 atom stereocenters. The lowest BCUT2D eigenvalue weighted by atomic mass is 9.99. The van der Waals surface area contributed by atoms with Gasteiger partial charge in [-0.05, 0) is 30.3 Å². The number of piperazine rings is 1. The van der Waals surface area contributed by atoms with Gasteiger partial charge in [0.05, 0.1) is 15.9 Å². The molecule has 1 fully saturated rings. The van der Waals surface area contributed by atoms with Crippen molar-refractivity contribution in [1.82, 2.24) is 10.2 Å². The fourth-order valence-corrected chi connectivity index (χ4v) is 4.09. The smallest absolute Gasteiger partial charge is 0.314 e. The Morgan fingerprint density at radius 3 is 2.36 bits per heavy atom. The van der Waals surface area contributed by atoms with Gasteiger partial charge in [0.2, 0.25) is 0 Å². The largest absolute Gasteiger partial charge is 0.416 e. The van der Waals surface area contributed by atoms with Crippen molar-refractivity contribution in [3.05, 3.63) is 56.5 Å². The molecule has 3 rings (SSSR count). The molecule has 0 aliphatic carbocycles. The van der Waals surface area contributed by atoms with Crippen molar-refractivity contribution in [3.8, 4) is 0 Å². The molecule has 2 aromatic rings. The summed E-state index contributed by atoms with van der Waals surface area (Å²) < 4.78 is 54.1. The highest BCUT2D eigenvalue weighted by atomic mass is 35.5. The van der Waals surface area contributed by atoms with Crippen molar-refractivity contribution in [2.75, 3.05) is 26.2 Å². The van der Waals surface area contributed by atoms with Gasteiger partial charge in [0.1, 0.15) is 5.82 Å². The Bertz CT molecular complexity index is 714. The molecular weight excluding hydrogens is 399 g/mol. The number of nitrogens with zero attached hydrogens (tertiary/aromatic N) is 1. The Kier molecular flexibility index (Phi) is 6.73. The molecule has 0 unspecified atom stereocenters. The van der Waals surface area contributed by atoms with Crippen LogP contribution in [0.2, 0.25) is 4.34 Å². The zero-order chi connectivity index (χ0) is 17.3. The molecule has 1 saturated heterocycles. The zero-order valence-corrected chi connectivity index (χ0v) is 15.3. The topological polar surface area (TPSA) is 15.3 Å². The summed E-state index contributed by atoms with van der Waals surface area (Å²) in [6.07, 6.45) is -4.51. The molecule has 1 N–H and O–H groups in total. The molecule has 9 heteroatoms. The standard InChI is InChI=1S/C16H15ClF4N2S.ClH/c17-14-4-3-13(24-14)15(23-7-5-22-6-8-23)11-9-10(16(19,20)21)1-2-12(11)18;/h1-4,9,15,22H,5-8H2;1H/t15-;/m1./s1. The highest BCUT2D eigenvalue weighted by molar-refractivity contribution is 7.16. The second-order valence-electron chi connectivity index (χ2n) is 5.56. The second kappa shape index (κ2) is 8.22. The van der Waals surface area contributed by atoms with E-state index in [9.17, 15) is 17.6 Å². The monoisotopic (exact) mass is 414 g/mol. The number of nitrogens with one attached hydrogen (secondary N) is 1. The third-order valence-electron chi connectivity index (χ3n) is 4.00. The van der Waals surface area contributed by atoms with E-state index >= 15 is 0 Å². The van der Waals surface area contributed by atoms with Gasteiger partial charge < -0.3 is 5.32 Å². The molecule has 25 heavy (non-hydrogen) atoms. The van der Waals surface area contributed by atoms with Crippen LogP contribution in [-0.2, 0) is 6.18 Å². The molecule has 0 amide bonds. The SMILES string of the molecule is Cl.Fc1ccc(C(F)(F)F)cc1[C@H](c1ccc(Cl)s1)N1CCNCC1. The van der Waals surface area contributed by atoms with Gasteiger partial charge in [-0.2, -0.15) is 13.2 Å². The minimum absolute atomic E-state index is 0. The Balaban J connectivity index is 0.00000225. The number of hydrogen-bond donors (Lipinski definition) is 1. The molecule has 1 aromatic carbocycles. The summed E-state index contributed by atoms with van der Waals surface area (Å²) in [5.41, 5.74) is -0.813. The first-order valence-corrected chi connectivity index (χ1v) is 8.62. The maximum atomic E-state index is 14.4. The van der Waals surface area contributed by atoms with Crippen LogP contribution in [0.3, 0.4) is 0 Å². The third-order valence-corrected chi connectivity index (χ3v) is 5.28. The van der Waals surface area contributed by atoms with Crippen LogP contribution in [0.25, 0.3) is 0 Å². The Morgan fingerprint density at radius 1 is 1.12 bits per heavy atom. The normalized spacial score (nSPS) is 17.2. The Labute approximate surface area is 158 Å². The minimum atomic E-state index is -4.51. The molecule has 0 radical (unpaired) electrons. The first-order chi connectivity index (χ1) is 11.4. The predicted molar refractivity (Wildman–Crippen MR) is 94.3 cm³/mol. The van der Waals surface area contributed by atoms with Crippen molar-refractivity contribution >= 4 is 35.3 Å². The molecule has 0 spiro atoms. The molecule has 1 aromatic heterocycles. The van der Waals surface area contributed by atoms with Gasteiger partial charge >= 0.3 is 6.18 Å². The number of rotatable bonds is 3. The van der Waals surface area contributed by atoms with Crippen LogP contribution in [0.5, 0.6) is 0 Å². The maximum Gasteiger partial charge on any atom is 0.416 e. The van der Waals surface area contributed by atoms with Crippen LogP contribution in [0.15, 0.2) is 30.3 Å². The fraction of sp³-hybridized carbons (Fsp3) is 0.375. The number of hydrogen-bond acceptors (Lipinski definition) is 3. The number of halogens is 6. The van der Waals surface area contributed by atoms with Crippen molar-refractivity contribution < 1.29 is 17.6 Å². The van der Waals surface area contributed by atoms with Crippen molar-refractivity contribution in [2.45, 2.75) is 12.2 Å². The molecule has 2 nitrogen and oxygen atoms in total. The van der Waals surface area contributed by atoms with Crippen LogP contribution in [0.1, 0.15) is 22.0 Å². The van der Waals surface area contributed by atoms with Gasteiger partial charge in [0.15, 0.2) is 0 Å². The summed E-state index contributed by atoms with van der Waals surface area (Å²) in [5, 5.41) is 3.19. The Hall–Kier alpha value is -0.860. The van der Waals surface area contributed by atoms with E-state index < -0.39 is 23.6 Å². The van der Waals surface area contributed by atoms with E-state index in [2.05, 4.69) is 5.32 Å².